The fraction of sp³-hybridized carbons (Fsp3) is 0.182. The summed E-state index contributed by atoms with van der Waals surface area (Å²) in [6.07, 6.45) is 4.50. The Morgan fingerprint density at radius 1 is 1.09 bits per heavy atom. The number of nitrogen functional groups attached to an aromatic ring is 1. The van der Waals surface area contributed by atoms with Crippen molar-refractivity contribution in [2.45, 2.75) is 18.4 Å². The molecular formula is C22H23N5O4S. The van der Waals surface area contributed by atoms with Crippen molar-refractivity contribution in [3.05, 3.63) is 66.1 Å². The molecule has 0 unspecified atom stereocenters. The summed E-state index contributed by atoms with van der Waals surface area (Å²) in [5.74, 6) is 1.24. The van der Waals surface area contributed by atoms with E-state index in [1.165, 1.54) is 22.6 Å². The van der Waals surface area contributed by atoms with Gasteiger partial charge in [0.2, 0.25) is 0 Å². The van der Waals surface area contributed by atoms with Crippen LogP contribution in [0.1, 0.15) is 11.1 Å². The fourth-order valence-electron chi connectivity index (χ4n) is 3.30. The molecule has 0 aliphatic heterocycles. The molecule has 4 rings (SSSR count). The van der Waals surface area contributed by atoms with Crippen LogP contribution in [0.15, 0.2) is 59.9 Å². The maximum absolute atomic E-state index is 13.3. The highest BCUT2D eigenvalue weighted by Gasteiger charge is 2.22. The molecule has 166 valence electrons. The fourth-order valence-corrected chi connectivity index (χ4v) is 4.65. The van der Waals surface area contributed by atoms with Crippen LogP contribution in [0.4, 0.5) is 11.5 Å². The summed E-state index contributed by atoms with van der Waals surface area (Å²) in [4.78, 5) is 8.67. The third-order valence-corrected chi connectivity index (χ3v) is 6.61. The minimum absolute atomic E-state index is 0.179. The first-order valence-electron chi connectivity index (χ1n) is 9.75. The van der Waals surface area contributed by atoms with Crippen molar-refractivity contribution in [3.63, 3.8) is 0 Å². The van der Waals surface area contributed by atoms with Crippen molar-refractivity contribution in [1.29, 1.82) is 0 Å². The molecular weight excluding hydrogens is 430 g/mol. The van der Waals surface area contributed by atoms with Crippen LogP contribution in [0.2, 0.25) is 0 Å². The van der Waals surface area contributed by atoms with Gasteiger partial charge in [-0.15, -0.1) is 0 Å². The van der Waals surface area contributed by atoms with Crippen LogP contribution in [0, 0.1) is 6.92 Å². The number of hydrogen-bond donors (Lipinski definition) is 2. The first kappa shape index (κ1) is 21.6. The van der Waals surface area contributed by atoms with E-state index in [2.05, 4.69) is 15.3 Å². The maximum Gasteiger partial charge on any atom is 0.269 e. The Balaban J connectivity index is 1.78. The predicted molar refractivity (Wildman–Crippen MR) is 122 cm³/mol. The standard InChI is InChI=1S/C22H23N5O4S/c1-14-4-6-18(7-5-14)32(28,29)27-12-15(13-30-3)19-8-16(11-26-22(19)27)31-17-9-20(24-2)21(23)25-10-17/h4-12,24H,13H2,1-3H3,(H2,23,25). The Labute approximate surface area is 185 Å². The van der Waals surface area contributed by atoms with Crippen molar-refractivity contribution in [1.82, 2.24) is 13.9 Å². The van der Waals surface area contributed by atoms with E-state index in [-0.39, 0.29) is 17.1 Å². The third-order valence-electron chi connectivity index (χ3n) is 4.95. The van der Waals surface area contributed by atoms with E-state index in [1.807, 2.05) is 6.92 Å². The van der Waals surface area contributed by atoms with Gasteiger partial charge in [-0.05, 0) is 25.1 Å². The van der Waals surface area contributed by atoms with Gasteiger partial charge in [0.1, 0.15) is 17.3 Å². The molecule has 0 bridgehead atoms. The molecule has 3 heterocycles. The average Bonchev–Trinajstić information content (AvgIpc) is 3.14. The maximum atomic E-state index is 13.3. The van der Waals surface area contributed by atoms with E-state index < -0.39 is 10.0 Å². The number of hydrogen-bond acceptors (Lipinski definition) is 8. The van der Waals surface area contributed by atoms with Gasteiger partial charge in [-0.1, -0.05) is 17.7 Å². The number of ether oxygens (including phenoxy) is 2. The molecule has 0 saturated carbocycles. The van der Waals surface area contributed by atoms with Crippen LogP contribution in [-0.2, 0) is 21.4 Å². The highest BCUT2D eigenvalue weighted by atomic mass is 32.2. The summed E-state index contributed by atoms with van der Waals surface area (Å²) in [7, 11) is -0.558. The number of rotatable bonds is 7. The topological polar surface area (TPSA) is 121 Å². The van der Waals surface area contributed by atoms with Gasteiger partial charge in [0.15, 0.2) is 5.65 Å². The zero-order valence-electron chi connectivity index (χ0n) is 17.9. The van der Waals surface area contributed by atoms with Gasteiger partial charge in [-0.2, -0.15) is 0 Å². The summed E-state index contributed by atoms with van der Waals surface area (Å²) >= 11 is 0. The molecule has 1 aromatic carbocycles. The Bertz CT molecular complexity index is 1380. The first-order valence-corrected chi connectivity index (χ1v) is 11.2. The highest BCUT2D eigenvalue weighted by molar-refractivity contribution is 7.90. The minimum Gasteiger partial charge on any atom is -0.454 e. The van der Waals surface area contributed by atoms with Crippen LogP contribution in [0.25, 0.3) is 11.0 Å². The molecule has 3 aromatic heterocycles. The average molecular weight is 454 g/mol. The second-order valence-corrected chi connectivity index (χ2v) is 9.01. The molecule has 0 atom stereocenters. The van der Waals surface area contributed by atoms with E-state index in [0.29, 0.717) is 34.0 Å². The van der Waals surface area contributed by atoms with Crippen molar-refractivity contribution < 1.29 is 17.9 Å². The molecule has 0 aliphatic rings. The summed E-state index contributed by atoms with van der Waals surface area (Å²) in [5.41, 5.74) is 8.37. The molecule has 0 amide bonds. The largest absolute Gasteiger partial charge is 0.454 e. The number of aromatic nitrogens is 3. The second kappa shape index (κ2) is 8.48. The lowest BCUT2D eigenvalue weighted by Crippen LogP contribution is -2.12. The van der Waals surface area contributed by atoms with E-state index in [1.54, 1.807) is 50.6 Å². The predicted octanol–water partition coefficient (Wildman–Crippen LogP) is 3.54. The Morgan fingerprint density at radius 2 is 1.78 bits per heavy atom. The van der Waals surface area contributed by atoms with Crippen LogP contribution >= 0.6 is 0 Å². The van der Waals surface area contributed by atoms with E-state index >= 15 is 0 Å². The zero-order valence-corrected chi connectivity index (χ0v) is 18.7. The number of nitrogens with two attached hydrogens (primary N) is 1. The van der Waals surface area contributed by atoms with Gasteiger partial charge < -0.3 is 20.5 Å². The van der Waals surface area contributed by atoms with Gasteiger partial charge in [-0.25, -0.2) is 22.4 Å². The number of methoxy groups -OCH3 is 1. The molecule has 0 radical (unpaired) electrons. The van der Waals surface area contributed by atoms with Crippen LogP contribution in [0.5, 0.6) is 11.5 Å². The molecule has 0 saturated heterocycles. The highest BCUT2D eigenvalue weighted by Crippen LogP contribution is 2.31. The normalized spacial score (nSPS) is 11.6. The van der Waals surface area contributed by atoms with E-state index in [4.69, 9.17) is 15.2 Å². The van der Waals surface area contributed by atoms with Crippen molar-refractivity contribution in [3.8, 4) is 11.5 Å². The number of anilines is 2. The Kier molecular flexibility index (Phi) is 5.72. The minimum atomic E-state index is -3.84. The van der Waals surface area contributed by atoms with Gasteiger partial charge in [-0.3, -0.25) is 0 Å². The van der Waals surface area contributed by atoms with E-state index in [9.17, 15) is 8.42 Å². The van der Waals surface area contributed by atoms with Gasteiger partial charge >= 0.3 is 0 Å². The lowest BCUT2D eigenvalue weighted by Gasteiger charge is -2.10. The van der Waals surface area contributed by atoms with Crippen molar-refractivity contribution >= 4 is 32.6 Å². The number of pyridine rings is 2. The monoisotopic (exact) mass is 453 g/mol. The molecule has 9 nitrogen and oxygen atoms in total. The molecule has 10 heteroatoms. The molecule has 0 fully saturated rings. The first-order chi connectivity index (χ1) is 15.3. The number of nitrogens with one attached hydrogen (secondary N) is 1. The summed E-state index contributed by atoms with van der Waals surface area (Å²) in [6.45, 7) is 2.11. The van der Waals surface area contributed by atoms with Crippen molar-refractivity contribution in [2.75, 3.05) is 25.2 Å². The molecule has 0 spiro atoms. The van der Waals surface area contributed by atoms with Gasteiger partial charge in [0.25, 0.3) is 10.0 Å². The van der Waals surface area contributed by atoms with Crippen molar-refractivity contribution in [2.24, 2.45) is 0 Å². The second-order valence-electron chi connectivity index (χ2n) is 7.20. The Hall–Kier alpha value is -3.63. The lowest BCUT2D eigenvalue weighted by molar-refractivity contribution is 0.186. The SMILES string of the molecule is CNc1cc(Oc2cnc3c(c2)c(COC)cn3S(=O)(=O)c2ccc(C)cc2)cnc1N. The van der Waals surface area contributed by atoms with Crippen LogP contribution < -0.4 is 15.8 Å². The van der Waals surface area contributed by atoms with E-state index in [0.717, 1.165) is 5.56 Å². The molecule has 3 N–H and O–H groups in total. The molecule has 32 heavy (non-hydrogen) atoms. The lowest BCUT2D eigenvalue weighted by atomic mass is 10.2. The number of fused-ring (bicyclic) bond motifs is 1. The Morgan fingerprint density at radius 3 is 2.47 bits per heavy atom. The summed E-state index contributed by atoms with van der Waals surface area (Å²) < 4.78 is 38.9. The zero-order chi connectivity index (χ0) is 22.9. The van der Waals surface area contributed by atoms with Crippen LogP contribution in [-0.4, -0.2) is 36.5 Å². The number of aryl methyl sites for hydroxylation is 1. The quantitative estimate of drug-likeness (QED) is 0.436. The third kappa shape index (κ3) is 3.97. The van der Waals surface area contributed by atoms with Crippen LogP contribution in [0.3, 0.4) is 0 Å². The number of nitrogens with zero attached hydrogens (tertiary/aromatic N) is 3. The smallest absolute Gasteiger partial charge is 0.269 e. The number of benzene rings is 1. The molecule has 4 aromatic rings. The van der Waals surface area contributed by atoms with Gasteiger partial charge in [0, 0.05) is 37.4 Å². The molecule has 0 aliphatic carbocycles. The summed E-state index contributed by atoms with van der Waals surface area (Å²) in [6, 6.07) is 10.1. The summed E-state index contributed by atoms with van der Waals surface area (Å²) in [5, 5.41) is 3.55. The van der Waals surface area contributed by atoms with Gasteiger partial charge in [0.05, 0.1) is 29.6 Å².